The summed E-state index contributed by atoms with van der Waals surface area (Å²) in [5.41, 5.74) is 0.934. The zero-order valence-electron chi connectivity index (χ0n) is 13.3. The highest BCUT2D eigenvalue weighted by atomic mass is 19.1. The van der Waals surface area contributed by atoms with Gasteiger partial charge in [0.05, 0.1) is 23.4 Å². The van der Waals surface area contributed by atoms with Crippen LogP contribution >= 0.6 is 0 Å². The van der Waals surface area contributed by atoms with Crippen LogP contribution in [0.5, 0.6) is 0 Å². The molecule has 0 spiro atoms. The highest BCUT2D eigenvalue weighted by Gasteiger charge is 2.40. The SMILES string of the molecule is Cc1ccc(C(=O)O)cc1N1C(=O)CC(Nc2ccccc2F)C1=O. The topological polar surface area (TPSA) is 86.7 Å². The predicted molar refractivity (Wildman–Crippen MR) is 89.1 cm³/mol. The Morgan fingerprint density at radius 2 is 1.96 bits per heavy atom. The van der Waals surface area contributed by atoms with Crippen molar-refractivity contribution >= 4 is 29.2 Å². The van der Waals surface area contributed by atoms with E-state index in [1.165, 1.54) is 36.4 Å². The molecule has 1 atom stereocenters. The van der Waals surface area contributed by atoms with Gasteiger partial charge in [0.1, 0.15) is 11.9 Å². The van der Waals surface area contributed by atoms with E-state index in [9.17, 15) is 18.8 Å². The molecule has 2 aromatic carbocycles. The molecule has 1 heterocycles. The average Bonchev–Trinajstić information content (AvgIpc) is 2.84. The third kappa shape index (κ3) is 3.08. The van der Waals surface area contributed by atoms with Crippen LogP contribution in [0, 0.1) is 12.7 Å². The standard InChI is InChI=1S/C18H15FN2O4/c1-10-6-7-11(18(24)25)8-15(10)21-16(22)9-14(17(21)23)20-13-5-3-2-4-12(13)19/h2-8,14,20H,9H2,1H3,(H,24,25). The number of amides is 2. The first kappa shape index (κ1) is 16.6. The minimum atomic E-state index is -1.15. The van der Waals surface area contributed by atoms with Gasteiger partial charge in [-0.1, -0.05) is 18.2 Å². The highest BCUT2D eigenvalue weighted by Crippen LogP contribution is 2.29. The lowest BCUT2D eigenvalue weighted by atomic mass is 10.1. The summed E-state index contributed by atoms with van der Waals surface area (Å²) >= 11 is 0. The zero-order chi connectivity index (χ0) is 18.1. The Hall–Kier alpha value is -3.22. The van der Waals surface area contributed by atoms with Crippen molar-refractivity contribution in [2.75, 3.05) is 10.2 Å². The van der Waals surface area contributed by atoms with Crippen molar-refractivity contribution in [3.8, 4) is 0 Å². The quantitative estimate of drug-likeness (QED) is 0.834. The van der Waals surface area contributed by atoms with Crippen LogP contribution in [0.2, 0.25) is 0 Å². The molecule has 2 amide bonds. The Morgan fingerprint density at radius 1 is 1.24 bits per heavy atom. The minimum Gasteiger partial charge on any atom is -0.478 e. The molecule has 25 heavy (non-hydrogen) atoms. The van der Waals surface area contributed by atoms with Crippen molar-refractivity contribution in [1.82, 2.24) is 0 Å². The van der Waals surface area contributed by atoms with Crippen molar-refractivity contribution in [2.24, 2.45) is 0 Å². The summed E-state index contributed by atoms with van der Waals surface area (Å²) in [4.78, 5) is 37.1. The summed E-state index contributed by atoms with van der Waals surface area (Å²) < 4.78 is 13.8. The van der Waals surface area contributed by atoms with Crippen LogP contribution in [-0.2, 0) is 9.59 Å². The van der Waals surface area contributed by atoms with Gasteiger partial charge in [0.15, 0.2) is 0 Å². The Bertz CT molecular complexity index is 881. The van der Waals surface area contributed by atoms with Crippen LogP contribution in [0.3, 0.4) is 0 Å². The van der Waals surface area contributed by atoms with E-state index in [1.807, 2.05) is 0 Å². The Balaban J connectivity index is 1.91. The Kier molecular flexibility index (Phi) is 4.22. The van der Waals surface area contributed by atoms with E-state index in [4.69, 9.17) is 5.11 Å². The number of nitrogens with zero attached hydrogens (tertiary/aromatic N) is 1. The molecule has 2 N–H and O–H groups in total. The number of carboxylic acids is 1. The number of carbonyl (C=O) groups is 3. The van der Waals surface area contributed by atoms with Crippen LogP contribution in [0.25, 0.3) is 0 Å². The molecule has 0 aliphatic carbocycles. The molecule has 1 fully saturated rings. The number of aromatic carboxylic acids is 1. The van der Waals surface area contributed by atoms with E-state index in [2.05, 4.69) is 5.32 Å². The lowest BCUT2D eigenvalue weighted by Gasteiger charge is -2.18. The lowest BCUT2D eigenvalue weighted by Crippen LogP contribution is -2.35. The van der Waals surface area contributed by atoms with Gasteiger partial charge in [-0.05, 0) is 36.8 Å². The maximum Gasteiger partial charge on any atom is 0.335 e. The van der Waals surface area contributed by atoms with Crippen LogP contribution in [0.15, 0.2) is 42.5 Å². The monoisotopic (exact) mass is 342 g/mol. The van der Waals surface area contributed by atoms with Crippen molar-refractivity contribution in [3.63, 3.8) is 0 Å². The van der Waals surface area contributed by atoms with Crippen molar-refractivity contribution < 1.29 is 23.9 Å². The number of halogens is 1. The largest absolute Gasteiger partial charge is 0.478 e. The fourth-order valence-corrected chi connectivity index (χ4v) is 2.75. The predicted octanol–water partition coefficient (Wildman–Crippen LogP) is 2.58. The number of anilines is 2. The summed E-state index contributed by atoms with van der Waals surface area (Å²) in [7, 11) is 0. The first-order valence-corrected chi connectivity index (χ1v) is 7.60. The van der Waals surface area contributed by atoms with Gasteiger partial charge in [0.25, 0.3) is 5.91 Å². The van der Waals surface area contributed by atoms with E-state index in [0.717, 1.165) is 4.90 Å². The van der Waals surface area contributed by atoms with Crippen molar-refractivity contribution in [3.05, 3.63) is 59.4 Å². The molecular weight excluding hydrogens is 327 g/mol. The number of carboxylic acid groups (broad SMARTS) is 1. The number of hydrogen-bond donors (Lipinski definition) is 2. The third-order valence-electron chi connectivity index (χ3n) is 4.05. The fourth-order valence-electron chi connectivity index (χ4n) is 2.75. The van der Waals surface area contributed by atoms with Gasteiger partial charge in [-0.15, -0.1) is 0 Å². The van der Waals surface area contributed by atoms with Crippen molar-refractivity contribution in [2.45, 2.75) is 19.4 Å². The molecule has 1 aliphatic rings. The average molecular weight is 342 g/mol. The summed E-state index contributed by atoms with van der Waals surface area (Å²) in [6.07, 6.45) is -0.135. The van der Waals surface area contributed by atoms with E-state index < -0.39 is 29.6 Å². The second-order valence-corrected chi connectivity index (χ2v) is 5.75. The molecule has 3 rings (SSSR count). The Morgan fingerprint density at radius 3 is 2.64 bits per heavy atom. The third-order valence-corrected chi connectivity index (χ3v) is 4.05. The summed E-state index contributed by atoms with van der Waals surface area (Å²) in [5.74, 6) is -2.69. The van der Waals surface area contributed by atoms with E-state index in [-0.39, 0.29) is 23.4 Å². The van der Waals surface area contributed by atoms with Gasteiger partial charge < -0.3 is 10.4 Å². The number of carbonyl (C=O) groups excluding carboxylic acids is 2. The molecule has 1 aliphatic heterocycles. The van der Waals surface area contributed by atoms with Crippen molar-refractivity contribution in [1.29, 1.82) is 0 Å². The number of para-hydroxylation sites is 1. The number of nitrogens with one attached hydrogen (secondary N) is 1. The van der Waals surface area contributed by atoms with Gasteiger partial charge >= 0.3 is 5.97 Å². The molecule has 128 valence electrons. The van der Waals surface area contributed by atoms with E-state index >= 15 is 0 Å². The molecule has 6 nitrogen and oxygen atoms in total. The number of imide groups is 1. The molecule has 1 unspecified atom stereocenters. The minimum absolute atomic E-state index is 0.0216. The molecule has 2 aromatic rings. The number of aryl methyl sites for hydroxylation is 1. The lowest BCUT2D eigenvalue weighted by molar-refractivity contribution is -0.121. The van der Waals surface area contributed by atoms with Gasteiger partial charge in [-0.2, -0.15) is 0 Å². The summed E-state index contributed by atoms with van der Waals surface area (Å²) in [6.45, 7) is 1.68. The molecule has 7 heteroatoms. The number of benzene rings is 2. The summed E-state index contributed by atoms with van der Waals surface area (Å²) in [5, 5.41) is 11.9. The van der Waals surface area contributed by atoms with Gasteiger partial charge in [-0.25, -0.2) is 14.1 Å². The highest BCUT2D eigenvalue weighted by molar-refractivity contribution is 6.23. The number of hydrogen-bond acceptors (Lipinski definition) is 4. The zero-order valence-corrected chi connectivity index (χ0v) is 13.3. The second-order valence-electron chi connectivity index (χ2n) is 5.75. The van der Waals surface area contributed by atoms with E-state index in [0.29, 0.717) is 5.56 Å². The van der Waals surface area contributed by atoms with Crippen LogP contribution in [0.4, 0.5) is 15.8 Å². The van der Waals surface area contributed by atoms with Crippen LogP contribution < -0.4 is 10.2 Å². The molecule has 0 saturated carbocycles. The molecule has 0 aromatic heterocycles. The molecular formula is C18H15FN2O4. The first-order chi connectivity index (χ1) is 11.9. The maximum absolute atomic E-state index is 13.8. The summed E-state index contributed by atoms with van der Waals surface area (Å²) in [6, 6.07) is 9.20. The molecule has 1 saturated heterocycles. The van der Waals surface area contributed by atoms with Gasteiger partial charge in [0.2, 0.25) is 5.91 Å². The number of rotatable bonds is 4. The van der Waals surface area contributed by atoms with Gasteiger partial charge in [0, 0.05) is 0 Å². The van der Waals surface area contributed by atoms with Crippen LogP contribution in [-0.4, -0.2) is 28.9 Å². The smallest absolute Gasteiger partial charge is 0.335 e. The Labute approximate surface area is 142 Å². The second kappa shape index (κ2) is 6.35. The fraction of sp³-hybridized carbons (Fsp3) is 0.167. The molecule has 0 radical (unpaired) electrons. The maximum atomic E-state index is 13.8. The van der Waals surface area contributed by atoms with E-state index in [1.54, 1.807) is 13.0 Å². The molecule has 0 bridgehead atoms. The van der Waals surface area contributed by atoms with Gasteiger partial charge in [-0.3, -0.25) is 9.59 Å². The first-order valence-electron chi connectivity index (χ1n) is 7.60. The van der Waals surface area contributed by atoms with Crippen LogP contribution in [0.1, 0.15) is 22.3 Å². The normalized spacial score (nSPS) is 17.0.